The van der Waals surface area contributed by atoms with Gasteiger partial charge in [-0.05, 0) is 51.4 Å². The van der Waals surface area contributed by atoms with Gasteiger partial charge in [0.1, 0.15) is 54.9 Å². The summed E-state index contributed by atoms with van der Waals surface area (Å²) in [5.74, 6) is -0.374. The average molecular weight is 1140 g/mol. The van der Waals surface area contributed by atoms with Crippen LogP contribution in [-0.4, -0.2) is 142 Å². The van der Waals surface area contributed by atoms with Gasteiger partial charge in [0, 0.05) is 13.0 Å². The maximum Gasteiger partial charge on any atom is 0.306 e. The second kappa shape index (κ2) is 52.5. The molecule has 0 radical (unpaired) electrons. The second-order valence-corrected chi connectivity index (χ2v) is 22.9. The molecule has 11 atom stereocenters. The van der Waals surface area contributed by atoms with Gasteiger partial charge in [0.25, 0.3) is 0 Å². The van der Waals surface area contributed by atoms with Gasteiger partial charge in [-0.1, -0.05) is 255 Å². The first-order valence-electron chi connectivity index (χ1n) is 32.7. The maximum absolute atomic E-state index is 13.1. The molecule has 0 saturated carbocycles. The van der Waals surface area contributed by atoms with Crippen molar-refractivity contribution in [2.75, 3.05) is 33.0 Å². The van der Waals surface area contributed by atoms with Crippen LogP contribution < -0.4 is 0 Å². The van der Waals surface area contributed by atoms with Gasteiger partial charge in [-0.25, -0.2) is 0 Å². The molecule has 14 heteroatoms. The summed E-state index contributed by atoms with van der Waals surface area (Å²) in [6, 6.07) is 0. The van der Waals surface area contributed by atoms with Crippen LogP contribution in [0.5, 0.6) is 0 Å². The van der Waals surface area contributed by atoms with Crippen LogP contribution in [0.2, 0.25) is 0 Å². The fourth-order valence-electron chi connectivity index (χ4n) is 10.4. The first kappa shape index (κ1) is 74.1. The maximum atomic E-state index is 13.1. The van der Waals surface area contributed by atoms with Gasteiger partial charge in [-0.2, -0.15) is 0 Å². The van der Waals surface area contributed by atoms with Crippen molar-refractivity contribution in [3.63, 3.8) is 0 Å². The first-order chi connectivity index (χ1) is 39.1. The third kappa shape index (κ3) is 38.0. The number of hydrogen-bond acceptors (Lipinski definition) is 14. The number of aliphatic hydroxyl groups excluding tert-OH is 7. The predicted octanol–water partition coefficient (Wildman–Crippen LogP) is 13.0. The van der Waals surface area contributed by atoms with Gasteiger partial charge < -0.3 is 64.2 Å². The standard InChI is InChI=1S/C66H120O14/c1-3-5-7-9-11-13-15-17-19-21-23-25-26-27-28-29-31-33-35-37-39-41-43-45-47-49-58(68)78-55(52-75-50-48-46-44-42-40-38-36-34-32-30-24-22-20-18-16-14-12-10-8-6-4-2)53-76-65-64(74)62(72)60(70)57(80-65)54-77-66-63(73)61(71)59(69)56(51-67)79-66/h5,7,11,13,17,19,23,25,55-57,59-67,69-74H,3-4,6,8-10,12,14-16,18,20-22,24,26-54H2,1-2H3/b7-5-,13-11-,19-17-,25-23-. The molecule has 0 amide bonds. The van der Waals surface area contributed by atoms with Crippen LogP contribution in [0.25, 0.3) is 0 Å². The van der Waals surface area contributed by atoms with Gasteiger partial charge in [-0.3, -0.25) is 4.79 Å². The molecular formula is C66H120O14. The summed E-state index contributed by atoms with van der Waals surface area (Å²) < 4.78 is 34.5. The minimum Gasteiger partial charge on any atom is -0.457 e. The number of rotatable bonds is 54. The molecule has 2 saturated heterocycles. The van der Waals surface area contributed by atoms with Crippen LogP contribution >= 0.6 is 0 Å². The van der Waals surface area contributed by atoms with Crippen molar-refractivity contribution in [2.45, 2.75) is 332 Å². The van der Waals surface area contributed by atoms with Crippen molar-refractivity contribution in [3.05, 3.63) is 48.6 Å². The highest BCUT2D eigenvalue weighted by Gasteiger charge is 2.47. The van der Waals surface area contributed by atoms with E-state index in [1.165, 1.54) is 167 Å². The largest absolute Gasteiger partial charge is 0.457 e. The van der Waals surface area contributed by atoms with E-state index in [2.05, 4.69) is 62.5 Å². The Hall–Kier alpha value is -2.05. The lowest BCUT2D eigenvalue weighted by Crippen LogP contribution is -2.61. The molecule has 2 heterocycles. The van der Waals surface area contributed by atoms with Gasteiger partial charge in [0.15, 0.2) is 12.6 Å². The minimum absolute atomic E-state index is 0.0641. The third-order valence-electron chi connectivity index (χ3n) is 15.6. The molecule has 468 valence electrons. The molecule has 7 N–H and O–H groups in total. The number of esters is 1. The van der Waals surface area contributed by atoms with Gasteiger partial charge >= 0.3 is 5.97 Å². The Bertz CT molecular complexity index is 1510. The lowest BCUT2D eigenvalue weighted by atomic mass is 9.98. The van der Waals surface area contributed by atoms with Crippen molar-refractivity contribution in [3.8, 4) is 0 Å². The van der Waals surface area contributed by atoms with E-state index in [0.717, 1.165) is 70.6 Å². The lowest BCUT2D eigenvalue weighted by molar-refractivity contribution is -0.332. The second-order valence-electron chi connectivity index (χ2n) is 22.9. The molecule has 2 aliphatic rings. The van der Waals surface area contributed by atoms with Crippen molar-refractivity contribution in [1.29, 1.82) is 0 Å². The van der Waals surface area contributed by atoms with Crippen LogP contribution in [0.4, 0.5) is 0 Å². The molecule has 0 aromatic heterocycles. The summed E-state index contributed by atoms with van der Waals surface area (Å²) >= 11 is 0. The highest BCUT2D eigenvalue weighted by atomic mass is 16.7. The van der Waals surface area contributed by atoms with Crippen LogP contribution in [0.3, 0.4) is 0 Å². The van der Waals surface area contributed by atoms with E-state index < -0.39 is 80.7 Å². The number of ether oxygens (including phenoxy) is 6. The zero-order valence-corrected chi connectivity index (χ0v) is 50.6. The third-order valence-corrected chi connectivity index (χ3v) is 15.6. The molecule has 0 aromatic rings. The predicted molar refractivity (Wildman–Crippen MR) is 321 cm³/mol. The van der Waals surface area contributed by atoms with Crippen molar-refractivity contribution < 1.29 is 69.0 Å². The van der Waals surface area contributed by atoms with Crippen LogP contribution in [0.1, 0.15) is 264 Å². The molecule has 11 unspecified atom stereocenters. The summed E-state index contributed by atoms with van der Waals surface area (Å²) in [6.07, 6.45) is 48.9. The van der Waals surface area contributed by atoms with E-state index >= 15 is 0 Å². The summed E-state index contributed by atoms with van der Waals surface area (Å²) in [5.41, 5.74) is 0. The van der Waals surface area contributed by atoms with E-state index in [4.69, 9.17) is 28.4 Å². The Balaban J connectivity index is 1.66. The number of unbranched alkanes of at least 4 members (excludes halogenated alkanes) is 32. The quantitative estimate of drug-likeness (QED) is 0.0172. The number of carbonyl (C=O) groups is 1. The van der Waals surface area contributed by atoms with Crippen LogP contribution in [0.15, 0.2) is 48.6 Å². The first-order valence-corrected chi connectivity index (χ1v) is 32.7. The topological polar surface area (TPSA) is 214 Å². The van der Waals surface area contributed by atoms with Crippen LogP contribution in [0, 0.1) is 0 Å². The monoisotopic (exact) mass is 1140 g/mol. The van der Waals surface area contributed by atoms with Gasteiger partial charge in [0.2, 0.25) is 0 Å². The molecule has 2 fully saturated rings. The highest BCUT2D eigenvalue weighted by Crippen LogP contribution is 2.27. The fourth-order valence-corrected chi connectivity index (χ4v) is 10.4. The molecular weight excluding hydrogens is 1020 g/mol. The Kier molecular flexibility index (Phi) is 48.6. The lowest BCUT2D eigenvalue weighted by Gasteiger charge is -2.42. The summed E-state index contributed by atoms with van der Waals surface area (Å²) in [6.45, 7) is 3.63. The molecule has 0 aromatic carbocycles. The van der Waals surface area contributed by atoms with E-state index in [1.54, 1.807) is 0 Å². The molecule has 14 nitrogen and oxygen atoms in total. The van der Waals surface area contributed by atoms with Crippen molar-refractivity contribution >= 4 is 5.97 Å². The minimum atomic E-state index is -1.71. The smallest absolute Gasteiger partial charge is 0.306 e. The molecule has 0 aliphatic carbocycles. The van der Waals surface area contributed by atoms with Crippen LogP contribution in [-0.2, 0) is 33.2 Å². The Labute approximate surface area is 486 Å². The molecule has 80 heavy (non-hydrogen) atoms. The summed E-state index contributed by atoms with van der Waals surface area (Å²) in [5, 5.41) is 72.5. The Morgan fingerprint density at radius 2 is 0.812 bits per heavy atom. The number of aliphatic hydroxyl groups is 7. The zero-order valence-electron chi connectivity index (χ0n) is 50.6. The van der Waals surface area contributed by atoms with Gasteiger partial charge in [0.05, 0.1) is 26.4 Å². The molecule has 2 aliphatic heterocycles. The fraction of sp³-hybridized carbons (Fsp3) is 0.864. The Morgan fingerprint density at radius 3 is 1.27 bits per heavy atom. The Morgan fingerprint density at radius 1 is 0.425 bits per heavy atom. The zero-order chi connectivity index (χ0) is 57.9. The number of hydrogen-bond donors (Lipinski definition) is 7. The molecule has 0 spiro atoms. The van der Waals surface area contributed by atoms with E-state index in [9.17, 15) is 40.5 Å². The van der Waals surface area contributed by atoms with Crippen molar-refractivity contribution in [2.24, 2.45) is 0 Å². The summed E-state index contributed by atoms with van der Waals surface area (Å²) in [4.78, 5) is 13.1. The van der Waals surface area contributed by atoms with Crippen molar-refractivity contribution in [1.82, 2.24) is 0 Å². The number of carbonyl (C=O) groups excluding carboxylic acids is 1. The van der Waals surface area contributed by atoms with E-state index in [0.29, 0.717) is 13.0 Å². The van der Waals surface area contributed by atoms with E-state index in [-0.39, 0.29) is 25.6 Å². The molecule has 0 bridgehead atoms. The number of allylic oxidation sites excluding steroid dienone is 8. The van der Waals surface area contributed by atoms with Gasteiger partial charge in [-0.15, -0.1) is 0 Å². The SMILES string of the molecule is CC/C=C\C/C=C\C/C=C\C/C=C\CCCCCCCCCCCCCCC(=O)OC(COCCCCCCCCCCCCCCCCCCCCCCC)COC1OC(COC2OC(CO)C(O)C(O)C2O)C(O)C(O)C1O. The normalized spacial score (nSPS) is 24.1. The molecule has 2 rings (SSSR count). The van der Waals surface area contributed by atoms with E-state index in [1.807, 2.05) is 0 Å². The average Bonchev–Trinajstić information content (AvgIpc) is 3.52. The highest BCUT2D eigenvalue weighted by molar-refractivity contribution is 5.69. The summed E-state index contributed by atoms with van der Waals surface area (Å²) in [7, 11) is 0.